The van der Waals surface area contributed by atoms with E-state index >= 15 is 0 Å². The van der Waals surface area contributed by atoms with Crippen molar-refractivity contribution in [2.45, 2.75) is 32.9 Å². The summed E-state index contributed by atoms with van der Waals surface area (Å²) in [5, 5.41) is 14.0. The first kappa shape index (κ1) is 26.0. The molecular weight excluding hydrogens is 468 g/mol. The van der Waals surface area contributed by atoms with Crippen LogP contribution in [0.1, 0.15) is 25.3 Å². The third-order valence-electron chi connectivity index (χ3n) is 5.49. The van der Waals surface area contributed by atoms with E-state index in [0.29, 0.717) is 13.0 Å². The molecule has 1 amide bonds. The second-order valence-corrected chi connectivity index (χ2v) is 8.03. The Morgan fingerprint density at radius 2 is 1.94 bits per heavy atom. The molecule has 4 N–H and O–H groups in total. The quantitative estimate of drug-likeness (QED) is 0.269. The molecule has 1 aromatic heterocycles. The first-order valence-corrected chi connectivity index (χ1v) is 11.3. The van der Waals surface area contributed by atoms with Crippen molar-refractivity contribution in [3.8, 4) is 5.75 Å². The Balaban J connectivity index is 1.99. The van der Waals surface area contributed by atoms with Crippen molar-refractivity contribution in [1.29, 1.82) is 0 Å². The summed E-state index contributed by atoms with van der Waals surface area (Å²) < 4.78 is 6.29. The number of nitrogens with one attached hydrogen (secondary N) is 2. The third kappa shape index (κ3) is 6.09. The minimum atomic E-state index is -0.732. The van der Waals surface area contributed by atoms with Crippen molar-refractivity contribution >= 4 is 28.8 Å². The van der Waals surface area contributed by atoms with Crippen LogP contribution in [0.4, 0.5) is 22.9 Å². The van der Waals surface area contributed by atoms with Gasteiger partial charge >= 0.3 is 5.69 Å². The average Bonchev–Trinajstić information content (AvgIpc) is 2.84. The van der Waals surface area contributed by atoms with Gasteiger partial charge in [0, 0.05) is 13.1 Å². The minimum absolute atomic E-state index is 0.0275. The number of nitrogen functional groups attached to an aromatic ring is 1. The largest absolute Gasteiger partial charge is 0.496 e. The van der Waals surface area contributed by atoms with Crippen LogP contribution in [0.15, 0.2) is 58.1 Å². The Hall–Kier alpha value is -4.61. The van der Waals surface area contributed by atoms with Crippen LogP contribution >= 0.6 is 0 Å². The van der Waals surface area contributed by atoms with Gasteiger partial charge in [-0.25, -0.2) is 4.79 Å². The summed E-state index contributed by atoms with van der Waals surface area (Å²) in [6.45, 7) is 2.02. The lowest BCUT2D eigenvalue weighted by Crippen LogP contribution is -2.41. The summed E-state index contributed by atoms with van der Waals surface area (Å²) in [5.74, 6) is -0.417. The Morgan fingerprint density at radius 3 is 2.58 bits per heavy atom. The summed E-state index contributed by atoms with van der Waals surface area (Å²) in [7, 11) is 1.38. The van der Waals surface area contributed by atoms with Crippen molar-refractivity contribution in [2.75, 3.05) is 29.6 Å². The second kappa shape index (κ2) is 11.7. The Bertz CT molecular complexity index is 1350. The molecule has 0 aliphatic heterocycles. The molecule has 2 aromatic carbocycles. The highest BCUT2D eigenvalue weighted by atomic mass is 16.6. The molecule has 12 heteroatoms. The maximum absolute atomic E-state index is 13.0. The summed E-state index contributed by atoms with van der Waals surface area (Å²) in [4.78, 5) is 52.8. The summed E-state index contributed by atoms with van der Waals surface area (Å²) in [5.41, 5.74) is 5.28. The lowest BCUT2D eigenvalue weighted by atomic mass is 10.2. The monoisotopic (exact) mass is 496 g/mol. The molecule has 0 saturated heterocycles. The fourth-order valence-corrected chi connectivity index (χ4v) is 3.70. The highest BCUT2D eigenvalue weighted by molar-refractivity contribution is 5.96. The first-order valence-electron chi connectivity index (χ1n) is 11.3. The molecule has 0 saturated carbocycles. The molecule has 0 atom stereocenters. The summed E-state index contributed by atoms with van der Waals surface area (Å²) in [6.07, 6.45) is 1.47. The third-order valence-corrected chi connectivity index (χ3v) is 5.49. The van der Waals surface area contributed by atoms with Crippen molar-refractivity contribution < 1.29 is 14.5 Å². The Morgan fingerprint density at radius 1 is 1.22 bits per heavy atom. The molecule has 3 rings (SSSR count). The maximum Gasteiger partial charge on any atom is 0.330 e. The van der Waals surface area contributed by atoms with E-state index in [1.165, 1.54) is 34.8 Å². The van der Waals surface area contributed by atoms with E-state index < -0.39 is 22.1 Å². The predicted molar refractivity (Wildman–Crippen MR) is 136 cm³/mol. The van der Waals surface area contributed by atoms with E-state index in [9.17, 15) is 24.5 Å². The second-order valence-electron chi connectivity index (χ2n) is 8.03. The summed E-state index contributed by atoms with van der Waals surface area (Å²) >= 11 is 0. The van der Waals surface area contributed by atoms with E-state index in [2.05, 4.69) is 10.3 Å². The number of ether oxygens (including phenoxy) is 1. The molecule has 0 bridgehead atoms. The van der Waals surface area contributed by atoms with Crippen LogP contribution in [0.25, 0.3) is 0 Å². The number of unbranched alkanes of at least 4 members (excludes halogenated alkanes) is 1. The number of anilines is 3. The number of benzene rings is 2. The van der Waals surface area contributed by atoms with Gasteiger partial charge in [0.1, 0.15) is 22.9 Å². The smallest absolute Gasteiger partial charge is 0.330 e. The molecule has 3 aromatic rings. The topological polar surface area (TPSA) is 166 Å². The minimum Gasteiger partial charge on any atom is -0.496 e. The average molecular weight is 497 g/mol. The highest BCUT2D eigenvalue weighted by Gasteiger charge is 2.23. The van der Waals surface area contributed by atoms with Gasteiger partial charge in [-0.1, -0.05) is 43.7 Å². The van der Waals surface area contributed by atoms with E-state index in [-0.39, 0.29) is 41.7 Å². The zero-order valence-electron chi connectivity index (χ0n) is 20.0. The van der Waals surface area contributed by atoms with Crippen molar-refractivity contribution in [1.82, 2.24) is 9.55 Å². The molecular formula is C24H28N6O6. The van der Waals surface area contributed by atoms with Gasteiger partial charge in [0.2, 0.25) is 5.91 Å². The van der Waals surface area contributed by atoms with Crippen molar-refractivity contribution in [2.24, 2.45) is 0 Å². The standard InChI is InChI=1S/C24H28N6O6/c1-3-4-12-29-22(25)21(23(32)27-24(29)33)28(14-16-8-6-5-7-9-16)15-20(31)26-18-11-10-17(36-2)13-19(18)30(34)35/h5-11,13H,3-4,12,14-15,25H2,1-2H3,(H,26,31)(H,27,32,33). The predicted octanol–water partition coefficient (Wildman–Crippen LogP) is 2.48. The van der Waals surface area contributed by atoms with Crippen LogP contribution in [0.5, 0.6) is 5.75 Å². The highest BCUT2D eigenvalue weighted by Crippen LogP contribution is 2.29. The molecule has 12 nitrogen and oxygen atoms in total. The number of hydrogen-bond acceptors (Lipinski definition) is 8. The van der Waals surface area contributed by atoms with Crippen LogP contribution in [-0.4, -0.2) is 34.0 Å². The van der Waals surface area contributed by atoms with Gasteiger partial charge in [0.25, 0.3) is 11.2 Å². The molecule has 0 spiro atoms. The zero-order valence-corrected chi connectivity index (χ0v) is 20.0. The maximum atomic E-state index is 13.0. The molecule has 36 heavy (non-hydrogen) atoms. The number of rotatable bonds is 11. The number of methoxy groups -OCH3 is 1. The number of hydrogen-bond donors (Lipinski definition) is 3. The number of nitro benzene ring substituents is 1. The Labute approximate surface area is 206 Å². The van der Waals surface area contributed by atoms with Gasteiger partial charge in [0.05, 0.1) is 24.6 Å². The number of H-pyrrole nitrogens is 1. The van der Waals surface area contributed by atoms with Gasteiger partial charge in [-0.15, -0.1) is 0 Å². The first-order chi connectivity index (χ1) is 17.2. The normalized spacial score (nSPS) is 10.6. The van der Waals surface area contributed by atoms with Gasteiger partial charge in [0.15, 0.2) is 0 Å². The lowest BCUT2D eigenvalue weighted by Gasteiger charge is -2.26. The number of aromatic nitrogens is 2. The number of carbonyl (C=O) groups is 1. The molecule has 190 valence electrons. The van der Waals surface area contributed by atoms with Crippen LogP contribution in [0.3, 0.4) is 0 Å². The van der Waals surface area contributed by atoms with Gasteiger partial charge in [-0.2, -0.15) is 0 Å². The van der Waals surface area contributed by atoms with Crippen LogP contribution in [0, 0.1) is 10.1 Å². The van der Waals surface area contributed by atoms with E-state index in [0.717, 1.165) is 12.0 Å². The van der Waals surface area contributed by atoms with Gasteiger partial charge in [-0.05, 0) is 24.1 Å². The SMILES string of the molecule is CCCCn1c(N)c(N(CC(=O)Nc2ccc(OC)cc2[N+](=O)[O-])Cc2ccccc2)c(=O)[nH]c1=O. The number of aromatic amines is 1. The Kier molecular flexibility index (Phi) is 8.44. The molecule has 0 radical (unpaired) electrons. The van der Waals surface area contributed by atoms with Crippen LogP contribution in [-0.2, 0) is 17.9 Å². The van der Waals surface area contributed by atoms with Crippen LogP contribution < -0.4 is 31.9 Å². The molecule has 1 heterocycles. The molecule has 0 aliphatic carbocycles. The lowest BCUT2D eigenvalue weighted by molar-refractivity contribution is -0.384. The van der Waals surface area contributed by atoms with Crippen LogP contribution in [0.2, 0.25) is 0 Å². The van der Waals surface area contributed by atoms with Crippen molar-refractivity contribution in [3.63, 3.8) is 0 Å². The number of nitrogens with zero attached hydrogens (tertiary/aromatic N) is 3. The zero-order chi connectivity index (χ0) is 26.2. The van der Waals surface area contributed by atoms with Crippen molar-refractivity contribution in [3.05, 3.63) is 85.0 Å². The molecule has 0 unspecified atom stereocenters. The molecule has 0 fully saturated rings. The number of carbonyl (C=O) groups excluding carboxylic acids is 1. The number of nitro groups is 1. The van der Waals surface area contributed by atoms with Gasteiger partial charge < -0.3 is 20.7 Å². The number of amides is 1. The summed E-state index contributed by atoms with van der Waals surface area (Å²) in [6, 6.07) is 13.1. The van der Waals surface area contributed by atoms with E-state index in [4.69, 9.17) is 10.5 Å². The molecule has 0 aliphatic rings. The fraction of sp³-hybridized carbons (Fsp3) is 0.292. The van der Waals surface area contributed by atoms with E-state index in [1.807, 2.05) is 37.3 Å². The van der Waals surface area contributed by atoms with E-state index in [1.54, 1.807) is 0 Å². The fourth-order valence-electron chi connectivity index (χ4n) is 3.70. The van der Waals surface area contributed by atoms with Gasteiger partial charge in [-0.3, -0.25) is 29.3 Å². The number of nitrogens with two attached hydrogens (primary N) is 1.